The van der Waals surface area contributed by atoms with Gasteiger partial charge in [0.15, 0.2) is 0 Å². The molecule has 1 aromatic rings. The zero-order chi connectivity index (χ0) is 11.4. The molecule has 1 saturated heterocycles. The normalized spacial score (nSPS) is 19.6. The van der Waals surface area contributed by atoms with Gasteiger partial charge in [0.25, 0.3) is 0 Å². The molecule has 3 heteroatoms. The number of aliphatic hydroxyl groups is 1. The molecule has 1 atom stereocenters. The van der Waals surface area contributed by atoms with E-state index in [0.29, 0.717) is 5.92 Å². The second kappa shape index (κ2) is 5.43. The maximum Gasteiger partial charge on any atom is 0.0624 e. The van der Waals surface area contributed by atoms with Crippen molar-refractivity contribution in [1.82, 2.24) is 5.32 Å². The van der Waals surface area contributed by atoms with Gasteiger partial charge in [-0.3, -0.25) is 0 Å². The molecule has 1 aliphatic heterocycles. The Balaban J connectivity index is 2.14. The summed E-state index contributed by atoms with van der Waals surface area (Å²) in [5, 5.41) is 12.4. The molecule has 4 N–H and O–H groups in total. The van der Waals surface area contributed by atoms with E-state index in [9.17, 15) is 0 Å². The molecule has 0 aromatic heterocycles. The SMILES string of the molecule is NC(CO)c1cccc(C2CCNCC2)c1. The van der Waals surface area contributed by atoms with Crippen molar-refractivity contribution in [2.24, 2.45) is 5.73 Å². The van der Waals surface area contributed by atoms with E-state index in [1.165, 1.54) is 18.4 Å². The number of aliphatic hydroxyl groups excluding tert-OH is 1. The molecule has 3 nitrogen and oxygen atoms in total. The highest BCUT2D eigenvalue weighted by atomic mass is 16.3. The van der Waals surface area contributed by atoms with E-state index in [4.69, 9.17) is 10.8 Å². The molecule has 0 aliphatic carbocycles. The third kappa shape index (κ3) is 2.61. The van der Waals surface area contributed by atoms with Crippen LogP contribution >= 0.6 is 0 Å². The van der Waals surface area contributed by atoms with Crippen LogP contribution in [0, 0.1) is 0 Å². The Hall–Kier alpha value is -0.900. The van der Waals surface area contributed by atoms with Crippen LogP contribution < -0.4 is 11.1 Å². The number of nitrogens with two attached hydrogens (primary N) is 1. The number of rotatable bonds is 3. The first-order valence-electron chi connectivity index (χ1n) is 5.98. The summed E-state index contributed by atoms with van der Waals surface area (Å²) in [6.45, 7) is 2.21. The van der Waals surface area contributed by atoms with Crippen molar-refractivity contribution in [2.75, 3.05) is 19.7 Å². The molecular weight excluding hydrogens is 200 g/mol. The van der Waals surface area contributed by atoms with E-state index >= 15 is 0 Å². The van der Waals surface area contributed by atoms with Crippen LogP contribution in [0.5, 0.6) is 0 Å². The van der Waals surface area contributed by atoms with Crippen LogP contribution in [0.1, 0.15) is 35.9 Å². The van der Waals surface area contributed by atoms with E-state index in [2.05, 4.69) is 17.4 Å². The molecule has 16 heavy (non-hydrogen) atoms. The van der Waals surface area contributed by atoms with E-state index in [0.717, 1.165) is 18.7 Å². The van der Waals surface area contributed by atoms with E-state index in [1.807, 2.05) is 12.1 Å². The molecule has 0 radical (unpaired) electrons. The summed E-state index contributed by atoms with van der Waals surface area (Å²) in [4.78, 5) is 0. The zero-order valence-electron chi connectivity index (χ0n) is 9.52. The van der Waals surface area contributed by atoms with Crippen LogP contribution in [-0.4, -0.2) is 24.8 Å². The summed E-state index contributed by atoms with van der Waals surface area (Å²) in [6.07, 6.45) is 2.38. The second-order valence-corrected chi connectivity index (χ2v) is 4.48. The van der Waals surface area contributed by atoms with Crippen LogP contribution in [0.2, 0.25) is 0 Å². The fourth-order valence-electron chi connectivity index (χ4n) is 2.30. The summed E-state index contributed by atoms with van der Waals surface area (Å²) < 4.78 is 0. The number of piperidine rings is 1. The third-order valence-electron chi connectivity index (χ3n) is 3.35. The predicted octanol–water partition coefficient (Wildman–Crippen LogP) is 1.15. The standard InChI is InChI=1S/C13H20N2O/c14-13(9-16)12-3-1-2-11(8-12)10-4-6-15-7-5-10/h1-3,8,10,13,15-16H,4-7,9,14H2. The van der Waals surface area contributed by atoms with Gasteiger partial charge in [0.1, 0.15) is 0 Å². The minimum absolute atomic E-state index is 0.00960. The molecule has 0 saturated carbocycles. The van der Waals surface area contributed by atoms with Gasteiger partial charge in [-0.05, 0) is 43.0 Å². The minimum Gasteiger partial charge on any atom is -0.394 e. The van der Waals surface area contributed by atoms with Crippen LogP contribution in [0.25, 0.3) is 0 Å². The Labute approximate surface area is 96.7 Å². The van der Waals surface area contributed by atoms with Gasteiger partial charge in [-0.2, -0.15) is 0 Å². The number of benzene rings is 1. The van der Waals surface area contributed by atoms with Gasteiger partial charge in [-0.1, -0.05) is 24.3 Å². The highest BCUT2D eigenvalue weighted by Crippen LogP contribution is 2.26. The molecule has 0 spiro atoms. The fraction of sp³-hybridized carbons (Fsp3) is 0.538. The molecule has 0 bridgehead atoms. The summed E-state index contributed by atoms with van der Waals surface area (Å²) in [6, 6.07) is 8.11. The maximum atomic E-state index is 9.05. The van der Waals surface area contributed by atoms with Crippen molar-refractivity contribution >= 4 is 0 Å². The molecule has 88 valence electrons. The van der Waals surface area contributed by atoms with Gasteiger partial charge >= 0.3 is 0 Å². The van der Waals surface area contributed by atoms with Gasteiger partial charge in [0, 0.05) is 0 Å². The average Bonchev–Trinajstić information content (AvgIpc) is 2.39. The molecule has 1 aromatic carbocycles. The van der Waals surface area contributed by atoms with Crippen molar-refractivity contribution < 1.29 is 5.11 Å². The van der Waals surface area contributed by atoms with Crippen LogP contribution in [0.15, 0.2) is 24.3 Å². The smallest absolute Gasteiger partial charge is 0.0624 e. The van der Waals surface area contributed by atoms with Crippen LogP contribution in [0.3, 0.4) is 0 Å². The zero-order valence-corrected chi connectivity index (χ0v) is 9.52. The molecular formula is C13H20N2O. The second-order valence-electron chi connectivity index (χ2n) is 4.48. The van der Waals surface area contributed by atoms with Gasteiger partial charge < -0.3 is 16.2 Å². The Morgan fingerprint density at radius 3 is 2.81 bits per heavy atom. The lowest BCUT2D eigenvalue weighted by atomic mass is 9.88. The lowest BCUT2D eigenvalue weighted by Crippen LogP contribution is -2.26. The molecule has 1 unspecified atom stereocenters. The van der Waals surface area contributed by atoms with Gasteiger partial charge in [-0.15, -0.1) is 0 Å². The first kappa shape index (κ1) is 11.6. The predicted molar refractivity (Wildman–Crippen MR) is 65.3 cm³/mol. The lowest BCUT2D eigenvalue weighted by Gasteiger charge is -2.23. The van der Waals surface area contributed by atoms with Crippen molar-refractivity contribution in [3.63, 3.8) is 0 Å². The number of nitrogens with one attached hydrogen (secondary N) is 1. The van der Waals surface area contributed by atoms with Gasteiger partial charge in [0.2, 0.25) is 0 Å². The van der Waals surface area contributed by atoms with Crippen molar-refractivity contribution in [2.45, 2.75) is 24.8 Å². The maximum absolute atomic E-state index is 9.05. The molecule has 2 rings (SSSR count). The van der Waals surface area contributed by atoms with Gasteiger partial charge in [-0.25, -0.2) is 0 Å². The highest BCUT2D eigenvalue weighted by molar-refractivity contribution is 5.28. The Kier molecular flexibility index (Phi) is 3.93. The lowest BCUT2D eigenvalue weighted by molar-refractivity contribution is 0.268. The summed E-state index contributed by atoms with van der Waals surface area (Å²) in [7, 11) is 0. The Morgan fingerprint density at radius 2 is 2.12 bits per heavy atom. The molecule has 1 aliphatic rings. The Bertz CT molecular complexity index is 334. The topological polar surface area (TPSA) is 58.3 Å². The van der Waals surface area contributed by atoms with E-state index in [-0.39, 0.29) is 12.6 Å². The number of hydrogen-bond donors (Lipinski definition) is 3. The monoisotopic (exact) mass is 220 g/mol. The van der Waals surface area contributed by atoms with E-state index in [1.54, 1.807) is 0 Å². The minimum atomic E-state index is -0.248. The summed E-state index contributed by atoms with van der Waals surface area (Å²) in [5.74, 6) is 0.645. The van der Waals surface area contributed by atoms with Crippen LogP contribution in [0.4, 0.5) is 0 Å². The number of hydrogen-bond acceptors (Lipinski definition) is 3. The fourth-order valence-corrected chi connectivity index (χ4v) is 2.30. The quantitative estimate of drug-likeness (QED) is 0.716. The highest BCUT2D eigenvalue weighted by Gasteiger charge is 2.16. The van der Waals surface area contributed by atoms with Crippen molar-refractivity contribution in [1.29, 1.82) is 0 Å². The van der Waals surface area contributed by atoms with Crippen LogP contribution in [-0.2, 0) is 0 Å². The van der Waals surface area contributed by atoms with Gasteiger partial charge in [0.05, 0.1) is 12.6 Å². The summed E-state index contributed by atoms with van der Waals surface area (Å²) in [5.41, 5.74) is 8.23. The molecule has 1 heterocycles. The Morgan fingerprint density at radius 1 is 1.38 bits per heavy atom. The molecule has 1 fully saturated rings. The third-order valence-corrected chi connectivity index (χ3v) is 3.35. The average molecular weight is 220 g/mol. The van der Waals surface area contributed by atoms with Crippen molar-refractivity contribution in [3.05, 3.63) is 35.4 Å². The summed E-state index contributed by atoms with van der Waals surface area (Å²) >= 11 is 0. The largest absolute Gasteiger partial charge is 0.394 e. The van der Waals surface area contributed by atoms with Crippen molar-refractivity contribution in [3.8, 4) is 0 Å². The first-order chi connectivity index (χ1) is 7.81. The first-order valence-corrected chi connectivity index (χ1v) is 5.98. The van der Waals surface area contributed by atoms with E-state index < -0.39 is 0 Å². The molecule has 0 amide bonds.